The van der Waals surface area contributed by atoms with Crippen LogP contribution in [0.25, 0.3) is 0 Å². The second-order valence-electron chi connectivity index (χ2n) is 3.97. The van der Waals surface area contributed by atoms with Crippen LogP contribution in [-0.4, -0.2) is 12.1 Å². The fourth-order valence-corrected chi connectivity index (χ4v) is 2.62. The fourth-order valence-electron chi connectivity index (χ4n) is 2.62. The van der Waals surface area contributed by atoms with Gasteiger partial charge in [0.2, 0.25) is 0 Å². The summed E-state index contributed by atoms with van der Waals surface area (Å²) in [5.41, 5.74) is 0. The van der Waals surface area contributed by atoms with Gasteiger partial charge >= 0.3 is 5.97 Å². The third kappa shape index (κ3) is 1.13. The van der Waals surface area contributed by atoms with Crippen LogP contribution in [0, 0.1) is 11.8 Å². The van der Waals surface area contributed by atoms with Crippen LogP contribution in [0.15, 0.2) is 0 Å². The number of hydrogen-bond acceptors (Lipinski definition) is 2. The van der Waals surface area contributed by atoms with E-state index in [0.29, 0.717) is 5.92 Å². The van der Waals surface area contributed by atoms with Crippen molar-refractivity contribution < 1.29 is 9.53 Å². The normalized spacial score (nSPS) is 39.8. The first kappa shape index (κ1) is 8.09. The second kappa shape index (κ2) is 3.08. The van der Waals surface area contributed by atoms with Crippen LogP contribution in [0.2, 0.25) is 0 Å². The third-order valence-electron chi connectivity index (χ3n) is 3.19. The molecule has 1 saturated heterocycles. The molecule has 1 heterocycles. The van der Waals surface area contributed by atoms with Gasteiger partial charge in [0.05, 0.1) is 5.92 Å². The van der Waals surface area contributed by atoms with Gasteiger partial charge in [-0.2, -0.15) is 0 Å². The highest BCUT2D eigenvalue weighted by Gasteiger charge is 2.45. The summed E-state index contributed by atoms with van der Waals surface area (Å²) in [4.78, 5) is 11.4. The third-order valence-corrected chi connectivity index (χ3v) is 3.19. The number of hydrogen-bond donors (Lipinski definition) is 0. The molecule has 1 saturated carbocycles. The Kier molecular flexibility index (Phi) is 2.07. The van der Waals surface area contributed by atoms with E-state index in [-0.39, 0.29) is 18.0 Å². The van der Waals surface area contributed by atoms with Gasteiger partial charge in [-0.05, 0) is 25.7 Å². The molecule has 0 aromatic rings. The van der Waals surface area contributed by atoms with Gasteiger partial charge in [0, 0.05) is 5.92 Å². The number of carbonyl (C=O) groups is 1. The van der Waals surface area contributed by atoms with Crippen LogP contribution in [0.1, 0.15) is 39.0 Å². The van der Waals surface area contributed by atoms with E-state index in [9.17, 15) is 4.79 Å². The maximum Gasteiger partial charge on any atom is 0.309 e. The zero-order chi connectivity index (χ0) is 8.55. The van der Waals surface area contributed by atoms with Crippen LogP contribution in [0.3, 0.4) is 0 Å². The van der Waals surface area contributed by atoms with Crippen molar-refractivity contribution in [2.24, 2.45) is 11.8 Å². The summed E-state index contributed by atoms with van der Waals surface area (Å²) in [7, 11) is 0. The molecule has 0 amide bonds. The lowest BCUT2D eigenvalue weighted by atomic mass is 9.89. The van der Waals surface area contributed by atoms with Crippen molar-refractivity contribution in [3.63, 3.8) is 0 Å². The molecule has 1 aliphatic carbocycles. The number of rotatable bonds is 2. The van der Waals surface area contributed by atoms with Crippen molar-refractivity contribution in [3.05, 3.63) is 0 Å². The standard InChI is InChI=1S/C10H16O2/c1-2-4-8-7-5-3-6-9(7)12-10(8)11/h7-9H,2-6H2,1H3. The van der Waals surface area contributed by atoms with E-state index in [1.165, 1.54) is 12.8 Å². The molecule has 68 valence electrons. The molecule has 2 fully saturated rings. The van der Waals surface area contributed by atoms with Crippen LogP contribution in [-0.2, 0) is 9.53 Å². The first-order chi connectivity index (χ1) is 5.83. The van der Waals surface area contributed by atoms with E-state index in [1.54, 1.807) is 0 Å². The summed E-state index contributed by atoms with van der Waals surface area (Å²) >= 11 is 0. The molecule has 12 heavy (non-hydrogen) atoms. The molecular formula is C10H16O2. The van der Waals surface area contributed by atoms with Gasteiger partial charge in [-0.25, -0.2) is 0 Å². The lowest BCUT2D eigenvalue weighted by Gasteiger charge is -2.10. The predicted octanol–water partition coefficient (Wildman–Crippen LogP) is 2.13. The van der Waals surface area contributed by atoms with Gasteiger partial charge < -0.3 is 4.74 Å². The van der Waals surface area contributed by atoms with Crippen molar-refractivity contribution in [2.75, 3.05) is 0 Å². The van der Waals surface area contributed by atoms with Crippen LogP contribution in [0.5, 0.6) is 0 Å². The minimum atomic E-state index is 0.0755. The summed E-state index contributed by atoms with van der Waals surface area (Å²) in [6.45, 7) is 2.13. The SMILES string of the molecule is CCCC1C(=O)OC2CCCC21. The Morgan fingerprint density at radius 3 is 3.08 bits per heavy atom. The van der Waals surface area contributed by atoms with E-state index >= 15 is 0 Å². The average molecular weight is 168 g/mol. The van der Waals surface area contributed by atoms with E-state index in [2.05, 4.69) is 6.92 Å². The van der Waals surface area contributed by atoms with Gasteiger partial charge in [-0.1, -0.05) is 13.3 Å². The topological polar surface area (TPSA) is 26.3 Å². The Hall–Kier alpha value is -0.530. The number of fused-ring (bicyclic) bond motifs is 1. The molecule has 0 bridgehead atoms. The highest BCUT2D eigenvalue weighted by molar-refractivity contribution is 5.75. The summed E-state index contributed by atoms with van der Waals surface area (Å²) in [6.07, 6.45) is 5.98. The van der Waals surface area contributed by atoms with Crippen molar-refractivity contribution >= 4 is 5.97 Å². The maximum atomic E-state index is 11.4. The summed E-state index contributed by atoms with van der Waals surface area (Å²) in [5.74, 6) is 0.881. The van der Waals surface area contributed by atoms with Crippen LogP contribution < -0.4 is 0 Å². The number of ether oxygens (including phenoxy) is 1. The molecule has 0 spiro atoms. The maximum absolute atomic E-state index is 11.4. The van der Waals surface area contributed by atoms with Crippen molar-refractivity contribution in [2.45, 2.75) is 45.1 Å². The average Bonchev–Trinajstić information content (AvgIpc) is 2.56. The molecule has 0 radical (unpaired) electrons. The Morgan fingerprint density at radius 2 is 2.33 bits per heavy atom. The first-order valence-electron chi connectivity index (χ1n) is 5.03. The van der Waals surface area contributed by atoms with Gasteiger partial charge in [-0.15, -0.1) is 0 Å². The van der Waals surface area contributed by atoms with Gasteiger partial charge in [-0.3, -0.25) is 4.79 Å². The van der Waals surface area contributed by atoms with E-state index < -0.39 is 0 Å². The highest BCUT2D eigenvalue weighted by atomic mass is 16.6. The van der Waals surface area contributed by atoms with Gasteiger partial charge in [0.15, 0.2) is 0 Å². The van der Waals surface area contributed by atoms with E-state index in [1.807, 2.05) is 0 Å². The fraction of sp³-hybridized carbons (Fsp3) is 0.900. The Labute approximate surface area is 73.3 Å². The molecule has 2 rings (SSSR count). The minimum absolute atomic E-state index is 0.0755. The summed E-state index contributed by atoms with van der Waals surface area (Å²) < 4.78 is 5.31. The molecular weight excluding hydrogens is 152 g/mol. The summed E-state index contributed by atoms with van der Waals surface area (Å²) in [6, 6.07) is 0. The zero-order valence-electron chi connectivity index (χ0n) is 7.58. The molecule has 0 aromatic heterocycles. The van der Waals surface area contributed by atoms with Crippen molar-refractivity contribution in [1.29, 1.82) is 0 Å². The predicted molar refractivity (Wildman–Crippen MR) is 45.6 cm³/mol. The van der Waals surface area contributed by atoms with E-state index in [4.69, 9.17) is 4.74 Å². The number of esters is 1. The largest absolute Gasteiger partial charge is 0.462 e. The Morgan fingerprint density at radius 1 is 1.50 bits per heavy atom. The Balaban J connectivity index is 2.05. The molecule has 3 atom stereocenters. The molecule has 2 aliphatic rings. The minimum Gasteiger partial charge on any atom is -0.462 e. The van der Waals surface area contributed by atoms with Crippen molar-refractivity contribution in [1.82, 2.24) is 0 Å². The van der Waals surface area contributed by atoms with Gasteiger partial charge in [0.25, 0.3) is 0 Å². The molecule has 2 nitrogen and oxygen atoms in total. The summed E-state index contributed by atoms with van der Waals surface area (Å²) in [5, 5.41) is 0. The zero-order valence-corrected chi connectivity index (χ0v) is 7.58. The molecule has 0 N–H and O–H groups in total. The number of carbonyl (C=O) groups excluding carboxylic acids is 1. The quantitative estimate of drug-likeness (QED) is 0.590. The highest BCUT2D eigenvalue weighted by Crippen LogP contribution is 2.42. The molecule has 0 aromatic carbocycles. The smallest absolute Gasteiger partial charge is 0.309 e. The van der Waals surface area contributed by atoms with Crippen LogP contribution in [0.4, 0.5) is 0 Å². The molecule has 1 aliphatic heterocycles. The van der Waals surface area contributed by atoms with E-state index in [0.717, 1.165) is 19.3 Å². The lowest BCUT2D eigenvalue weighted by molar-refractivity contribution is -0.144. The first-order valence-corrected chi connectivity index (χ1v) is 5.03. The monoisotopic (exact) mass is 168 g/mol. The van der Waals surface area contributed by atoms with Gasteiger partial charge in [0.1, 0.15) is 6.10 Å². The molecule has 2 heteroatoms. The second-order valence-corrected chi connectivity index (χ2v) is 3.97. The lowest BCUT2D eigenvalue weighted by Crippen LogP contribution is -2.15. The molecule has 3 unspecified atom stereocenters. The Bertz CT molecular complexity index is 188. The van der Waals surface area contributed by atoms with Crippen molar-refractivity contribution in [3.8, 4) is 0 Å². The van der Waals surface area contributed by atoms with Crippen LogP contribution >= 0.6 is 0 Å².